The molecule has 0 spiro atoms. The van der Waals surface area contributed by atoms with Crippen molar-refractivity contribution < 1.29 is 4.79 Å². The van der Waals surface area contributed by atoms with E-state index in [2.05, 4.69) is 36.5 Å². The van der Waals surface area contributed by atoms with Crippen LogP contribution in [-0.2, 0) is 17.6 Å². The number of nitrogens with one attached hydrogen (secondary N) is 1. The van der Waals surface area contributed by atoms with Gasteiger partial charge in [0.2, 0.25) is 5.91 Å². The summed E-state index contributed by atoms with van der Waals surface area (Å²) in [5.41, 5.74) is 2.82. The number of amides is 1. The first-order chi connectivity index (χ1) is 9.28. The highest BCUT2D eigenvalue weighted by Gasteiger charge is 2.42. The average molecular weight is 257 g/mol. The predicted octanol–water partition coefficient (Wildman–Crippen LogP) is 3.10. The minimum absolute atomic E-state index is 0.305. The lowest BCUT2D eigenvalue weighted by molar-refractivity contribution is -0.123. The summed E-state index contributed by atoms with van der Waals surface area (Å²) in [7, 11) is 0. The second kappa shape index (κ2) is 5.36. The lowest BCUT2D eigenvalue weighted by Crippen LogP contribution is -2.36. The third kappa shape index (κ3) is 2.83. The molecule has 2 aliphatic carbocycles. The van der Waals surface area contributed by atoms with Crippen molar-refractivity contribution in [1.82, 2.24) is 5.32 Å². The van der Waals surface area contributed by atoms with Gasteiger partial charge in [0.05, 0.1) is 0 Å². The molecule has 1 aromatic rings. The molecule has 3 rings (SSSR count). The van der Waals surface area contributed by atoms with E-state index >= 15 is 0 Å². The molecule has 102 valence electrons. The summed E-state index contributed by atoms with van der Waals surface area (Å²) in [6.07, 6.45) is 6.87. The lowest BCUT2D eigenvalue weighted by Gasteiger charge is -2.11. The molecule has 1 N–H and O–H groups in total. The van der Waals surface area contributed by atoms with Crippen molar-refractivity contribution in [3.63, 3.8) is 0 Å². The van der Waals surface area contributed by atoms with Crippen LogP contribution < -0.4 is 5.32 Å². The van der Waals surface area contributed by atoms with Gasteiger partial charge < -0.3 is 5.32 Å². The Labute approximate surface area is 115 Å². The Bertz CT molecular complexity index is 443. The molecule has 0 unspecified atom stereocenters. The van der Waals surface area contributed by atoms with Crippen LogP contribution in [0.25, 0.3) is 0 Å². The minimum atomic E-state index is 0.305. The maximum Gasteiger partial charge on any atom is 0.223 e. The first-order valence-electron chi connectivity index (χ1n) is 7.65. The van der Waals surface area contributed by atoms with Gasteiger partial charge in [-0.05, 0) is 42.7 Å². The molecule has 1 aromatic carbocycles. The number of benzene rings is 1. The predicted molar refractivity (Wildman–Crippen MR) is 76.9 cm³/mol. The van der Waals surface area contributed by atoms with Crippen molar-refractivity contribution in [2.45, 2.75) is 51.5 Å². The van der Waals surface area contributed by atoms with Gasteiger partial charge in [-0.3, -0.25) is 4.79 Å². The Hall–Kier alpha value is -1.31. The van der Waals surface area contributed by atoms with Gasteiger partial charge in [0.15, 0.2) is 0 Å². The Morgan fingerprint density at radius 3 is 2.58 bits per heavy atom. The second-order valence-corrected chi connectivity index (χ2v) is 6.13. The highest BCUT2D eigenvalue weighted by molar-refractivity contribution is 5.82. The molecule has 1 saturated carbocycles. The van der Waals surface area contributed by atoms with Gasteiger partial charge in [0.1, 0.15) is 0 Å². The molecule has 0 heterocycles. The van der Waals surface area contributed by atoms with Crippen molar-refractivity contribution in [1.29, 1.82) is 0 Å². The molecule has 1 fully saturated rings. The van der Waals surface area contributed by atoms with E-state index in [-0.39, 0.29) is 0 Å². The molecular formula is C17H23NO. The van der Waals surface area contributed by atoms with Crippen LogP contribution in [0.15, 0.2) is 24.3 Å². The number of carbonyl (C=O) groups excluding carboxylic acids is 1. The highest BCUT2D eigenvalue weighted by atomic mass is 16.2. The monoisotopic (exact) mass is 257 g/mol. The number of unbranched alkanes of at least 4 members (excludes halogenated alkanes) is 1. The number of carbonyl (C=O) groups is 1. The van der Waals surface area contributed by atoms with E-state index in [1.165, 1.54) is 30.4 Å². The van der Waals surface area contributed by atoms with E-state index < -0.39 is 0 Å². The summed E-state index contributed by atoms with van der Waals surface area (Å²) in [5, 5.41) is 3.26. The smallest absolute Gasteiger partial charge is 0.223 e. The topological polar surface area (TPSA) is 29.1 Å². The van der Waals surface area contributed by atoms with E-state index in [0.717, 1.165) is 19.3 Å². The molecule has 0 aromatic heterocycles. The minimum Gasteiger partial charge on any atom is -0.352 e. The summed E-state index contributed by atoms with van der Waals surface area (Å²) in [5.74, 6) is 1.29. The van der Waals surface area contributed by atoms with Crippen LogP contribution in [0.2, 0.25) is 0 Å². The van der Waals surface area contributed by atoms with Crippen LogP contribution in [0.5, 0.6) is 0 Å². The van der Waals surface area contributed by atoms with Gasteiger partial charge in [0.25, 0.3) is 0 Å². The Kier molecular flexibility index (Phi) is 3.58. The average Bonchev–Trinajstić information content (AvgIpc) is 3.08. The number of rotatable bonds is 5. The fourth-order valence-corrected chi connectivity index (χ4v) is 3.32. The van der Waals surface area contributed by atoms with Crippen LogP contribution in [-0.4, -0.2) is 11.9 Å². The summed E-state index contributed by atoms with van der Waals surface area (Å²) >= 11 is 0. The Morgan fingerprint density at radius 2 is 1.95 bits per heavy atom. The highest BCUT2D eigenvalue weighted by Crippen LogP contribution is 2.42. The van der Waals surface area contributed by atoms with Crippen molar-refractivity contribution in [3.05, 3.63) is 35.4 Å². The third-order valence-corrected chi connectivity index (χ3v) is 4.59. The van der Waals surface area contributed by atoms with Crippen LogP contribution in [0.3, 0.4) is 0 Å². The van der Waals surface area contributed by atoms with Gasteiger partial charge in [-0.1, -0.05) is 44.0 Å². The molecule has 1 amide bonds. The van der Waals surface area contributed by atoms with Crippen molar-refractivity contribution >= 4 is 5.91 Å². The standard InChI is InChI=1S/C17H23NO/c1-2-3-6-14-11-16(14)17(19)18-15-9-12-7-4-5-8-13(12)10-15/h4-5,7-8,14-16H,2-3,6,9-11H2,1H3,(H,18,19)/t14-,16+/m0/s1. The van der Waals surface area contributed by atoms with Crippen LogP contribution in [0.1, 0.15) is 43.7 Å². The van der Waals surface area contributed by atoms with Gasteiger partial charge in [-0.25, -0.2) is 0 Å². The fourth-order valence-electron chi connectivity index (χ4n) is 3.32. The molecular weight excluding hydrogens is 234 g/mol. The molecule has 0 bridgehead atoms. The Balaban J connectivity index is 1.48. The molecule has 0 radical (unpaired) electrons. The van der Waals surface area contributed by atoms with Gasteiger partial charge in [-0.15, -0.1) is 0 Å². The van der Waals surface area contributed by atoms with Crippen LogP contribution in [0.4, 0.5) is 0 Å². The van der Waals surface area contributed by atoms with Crippen molar-refractivity contribution in [3.8, 4) is 0 Å². The molecule has 0 aliphatic heterocycles. The molecule has 0 saturated heterocycles. The zero-order valence-electron chi connectivity index (χ0n) is 11.7. The van der Waals surface area contributed by atoms with Crippen molar-refractivity contribution in [2.24, 2.45) is 11.8 Å². The van der Waals surface area contributed by atoms with E-state index in [0.29, 0.717) is 23.8 Å². The summed E-state index contributed by atoms with van der Waals surface area (Å²) < 4.78 is 0. The number of fused-ring (bicyclic) bond motifs is 1. The largest absolute Gasteiger partial charge is 0.352 e. The van der Waals surface area contributed by atoms with E-state index in [9.17, 15) is 4.79 Å². The SMILES string of the molecule is CCCC[C@H]1C[C@H]1C(=O)NC1Cc2ccccc2C1. The lowest BCUT2D eigenvalue weighted by atomic mass is 10.1. The third-order valence-electron chi connectivity index (χ3n) is 4.59. The normalized spacial score (nSPS) is 25.1. The number of hydrogen-bond donors (Lipinski definition) is 1. The summed E-state index contributed by atoms with van der Waals surface area (Å²) in [4.78, 5) is 12.2. The first-order valence-corrected chi connectivity index (χ1v) is 7.65. The zero-order chi connectivity index (χ0) is 13.2. The molecule has 2 nitrogen and oxygen atoms in total. The summed E-state index contributed by atoms with van der Waals surface area (Å²) in [6.45, 7) is 2.22. The number of hydrogen-bond acceptors (Lipinski definition) is 1. The maximum absolute atomic E-state index is 12.2. The quantitative estimate of drug-likeness (QED) is 0.863. The van der Waals surface area contributed by atoms with E-state index in [1.54, 1.807) is 0 Å². The Morgan fingerprint density at radius 1 is 1.26 bits per heavy atom. The molecule has 19 heavy (non-hydrogen) atoms. The first kappa shape index (κ1) is 12.7. The van der Waals surface area contributed by atoms with E-state index in [1.807, 2.05) is 0 Å². The summed E-state index contributed by atoms with van der Waals surface area (Å²) in [6, 6.07) is 8.87. The molecule has 2 aliphatic rings. The molecule has 2 heteroatoms. The van der Waals surface area contributed by atoms with Crippen LogP contribution >= 0.6 is 0 Å². The second-order valence-electron chi connectivity index (χ2n) is 6.13. The maximum atomic E-state index is 12.2. The zero-order valence-corrected chi connectivity index (χ0v) is 11.7. The van der Waals surface area contributed by atoms with Gasteiger partial charge in [0, 0.05) is 12.0 Å². The molecule has 2 atom stereocenters. The van der Waals surface area contributed by atoms with E-state index in [4.69, 9.17) is 0 Å². The van der Waals surface area contributed by atoms with Gasteiger partial charge >= 0.3 is 0 Å². The van der Waals surface area contributed by atoms with Crippen LogP contribution in [0, 0.1) is 11.8 Å². The van der Waals surface area contributed by atoms with Crippen molar-refractivity contribution in [2.75, 3.05) is 0 Å². The fraction of sp³-hybridized carbons (Fsp3) is 0.588. The van der Waals surface area contributed by atoms with Gasteiger partial charge in [-0.2, -0.15) is 0 Å².